The molecule has 0 spiro atoms. The molecule has 14 atom stereocenters. The van der Waals surface area contributed by atoms with Gasteiger partial charge < -0.3 is 115 Å². The number of ether oxygens (including phenoxy) is 1. The number of amides is 15. The zero-order chi connectivity index (χ0) is 97.7. The fourth-order valence-corrected chi connectivity index (χ4v) is 17.0. The predicted molar refractivity (Wildman–Crippen MR) is 484 cm³/mol. The van der Waals surface area contributed by atoms with E-state index in [9.17, 15) is 53.3 Å². The van der Waals surface area contributed by atoms with E-state index in [1.165, 1.54) is 52.2 Å². The summed E-state index contributed by atoms with van der Waals surface area (Å²) in [6, 6.07) is 8.36. The van der Waals surface area contributed by atoms with Crippen molar-refractivity contribution in [2.45, 2.75) is 195 Å². The third-order valence-corrected chi connectivity index (χ3v) is 24.6. The van der Waals surface area contributed by atoms with Gasteiger partial charge in [-0.1, -0.05) is 125 Å². The summed E-state index contributed by atoms with van der Waals surface area (Å²) in [5.41, 5.74) is 19.5. The molecule has 6 aromatic rings. The number of phenols is 1. The van der Waals surface area contributed by atoms with Gasteiger partial charge in [0.15, 0.2) is 17.5 Å². The van der Waals surface area contributed by atoms with Crippen LogP contribution in [0.3, 0.4) is 0 Å². The number of hydrogen-bond donors (Lipinski definition) is 16. The number of rotatable bonds is 25. The van der Waals surface area contributed by atoms with E-state index < -0.39 is 253 Å². The highest BCUT2D eigenvalue weighted by Gasteiger charge is 2.48. The molecule has 38 nitrogen and oxygen atoms in total. The second-order valence-electron chi connectivity index (χ2n) is 33.8. The number of carbonyl (C=O) groups is 16. The van der Waals surface area contributed by atoms with Gasteiger partial charge in [0.05, 0.1) is 38.0 Å². The molecule has 3 aliphatic heterocycles. The maximum Gasteiger partial charge on any atom is 0.305 e. The number of likely N-dealkylation sites (N-methyl/N-ethyl adjacent to an activating group) is 3. The normalized spacial score (nSPS) is 24.1. The Morgan fingerprint density at radius 2 is 1.08 bits per heavy atom. The highest BCUT2D eigenvalue weighted by Crippen LogP contribution is 2.28. The Morgan fingerprint density at radius 1 is 0.545 bits per heavy atom. The molecule has 3 saturated heterocycles. The molecule has 0 bridgehead atoms. The van der Waals surface area contributed by atoms with Crippen molar-refractivity contribution in [3.05, 3.63) is 173 Å². The molecular weight excluding hydrogens is 1770 g/mol. The minimum absolute atomic E-state index is 0.0156. The topological polar surface area (TPSA) is 561 Å². The summed E-state index contributed by atoms with van der Waals surface area (Å²) in [7, 11) is 3.65. The SMILES string of the molecule is CCCC[C@H]1C(=O)N2C[C@H](O)C[C@@H]2C(=O)N[C@@H](CC(=O)O)C(=O)N[C@@H](C(C)C)C(=O)N(C)[C@@H](Cc2ccccc2)C(=O)N[C@@H](CCCN)C(=O)N2CCOC[C@@H]2C(=O)N[C@@H](Cc2c[nH]c3ccccc23)C(=O)N[C@@H](Cc2ccc(O)cc2)C(=O)N[C@@H](CCCN)C(=O)N[C@H](C(=O)NCC(N)=O)CSCC(=O)N[C@@H](Cc2cc(F)c(F)c(F)c2)C(=O)N(C)[C@@H](Cc2ccccc2)C(=O)N1C. The van der Waals surface area contributed by atoms with Crippen molar-refractivity contribution in [1.82, 2.24) is 77.3 Å². The first-order valence-corrected chi connectivity index (χ1v) is 45.4. The number of aromatic amines is 1. The smallest absolute Gasteiger partial charge is 0.305 e. The van der Waals surface area contributed by atoms with Crippen LogP contribution >= 0.6 is 11.8 Å². The largest absolute Gasteiger partial charge is 0.508 e. The van der Waals surface area contributed by atoms with Crippen LogP contribution in [0.2, 0.25) is 0 Å². The Bertz CT molecular complexity index is 5140. The number of benzene rings is 5. The number of nitrogens with one attached hydrogen (secondary N) is 10. The van der Waals surface area contributed by atoms with Gasteiger partial charge >= 0.3 is 5.97 Å². The van der Waals surface area contributed by atoms with E-state index in [1.807, 2.05) is 0 Å². The molecule has 4 heterocycles. The number of H-pyrrole nitrogens is 1. The molecule has 0 unspecified atom stereocenters. The number of carboxylic acid groups (broad SMARTS) is 1. The third kappa shape index (κ3) is 29.0. The number of phenolic OH excluding ortho intramolecular Hbond substituents is 1. The number of carboxylic acids is 1. The summed E-state index contributed by atoms with van der Waals surface area (Å²) in [5, 5.41) is 56.1. The number of morpholine rings is 1. The highest BCUT2D eigenvalue weighted by atomic mass is 32.2. The third-order valence-electron chi connectivity index (χ3n) is 23.6. The van der Waals surface area contributed by atoms with E-state index in [2.05, 4.69) is 52.8 Å². The van der Waals surface area contributed by atoms with Gasteiger partial charge in [-0.2, -0.15) is 0 Å². The first kappa shape index (κ1) is 105. The van der Waals surface area contributed by atoms with Gasteiger partial charge in [-0.05, 0) is 109 Å². The lowest BCUT2D eigenvalue weighted by Crippen LogP contribution is -2.64. The van der Waals surface area contributed by atoms with E-state index in [1.54, 1.807) is 98.0 Å². The van der Waals surface area contributed by atoms with Crippen LogP contribution in [-0.2, 0) is 114 Å². The predicted octanol–water partition coefficient (Wildman–Crippen LogP) is -0.500. The van der Waals surface area contributed by atoms with Crippen molar-refractivity contribution < 1.29 is 110 Å². The minimum atomic E-state index is -2.03. The van der Waals surface area contributed by atoms with Gasteiger partial charge in [-0.3, -0.25) is 76.7 Å². The number of nitrogens with zero attached hydrogens (tertiary/aromatic N) is 5. The molecule has 1 aromatic heterocycles. The number of fused-ring (bicyclic) bond motifs is 3. The number of aliphatic carboxylic acids is 1. The number of thioether (sulfide) groups is 1. The molecular formula is C92H119F3N18O20S. The van der Waals surface area contributed by atoms with Crippen LogP contribution in [0.25, 0.3) is 10.9 Å². The average Bonchev–Trinajstić information content (AvgIpc) is 1.65. The molecule has 0 saturated carbocycles. The zero-order valence-corrected chi connectivity index (χ0v) is 76.2. The first-order valence-electron chi connectivity index (χ1n) is 44.3. The maximum absolute atomic E-state index is 15.7. The van der Waals surface area contributed by atoms with Gasteiger partial charge in [-0.25, -0.2) is 13.2 Å². The monoisotopic (exact) mass is 1880 g/mol. The van der Waals surface area contributed by atoms with Crippen molar-refractivity contribution >= 4 is 117 Å². The molecule has 15 amide bonds. The molecule has 0 radical (unpaired) electrons. The van der Waals surface area contributed by atoms with E-state index in [-0.39, 0.29) is 102 Å². The number of aromatic nitrogens is 1. The van der Waals surface area contributed by atoms with Crippen molar-refractivity contribution in [2.24, 2.45) is 23.1 Å². The molecule has 3 aliphatic rings. The van der Waals surface area contributed by atoms with Crippen molar-refractivity contribution in [3.63, 3.8) is 0 Å². The highest BCUT2D eigenvalue weighted by molar-refractivity contribution is 8.00. The van der Waals surface area contributed by atoms with Crippen LogP contribution in [0.4, 0.5) is 13.2 Å². The second kappa shape index (κ2) is 50.1. The van der Waals surface area contributed by atoms with E-state index in [0.717, 1.165) is 31.5 Å². The number of aliphatic hydroxyl groups is 1. The summed E-state index contributed by atoms with van der Waals surface area (Å²) in [6.07, 6.45) is -3.31. The molecule has 3 fully saturated rings. The molecule has 19 N–H and O–H groups in total. The van der Waals surface area contributed by atoms with E-state index in [0.29, 0.717) is 63.5 Å². The summed E-state index contributed by atoms with van der Waals surface area (Å²) in [5.74, 6) is -24.5. The van der Waals surface area contributed by atoms with Gasteiger partial charge in [-0.15, -0.1) is 11.8 Å². The fraction of sp³-hybridized carbons (Fsp3) is 0.478. The lowest BCUT2D eigenvalue weighted by molar-refractivity contribution is -0.152. The number of unbranched alkanes of at least 4 members (excludes halogenated alkanes) is 1. The maximum atomic E-state index is 15.7. The van der Waals surface area contributed by atoms with Gasteiger partial charge in [0.1, 0.15) is 84.3 Å². The Balaban J connectivity index is 1.14. The van der Waals surface area contributed by atoms with Crippen LogP contribution < -0.4 is 65.1 Å². The van der Waals surface area contributed by atoms with E-state index >= 15 is 51.9 Å². The average molecular weight is 1890 g/mol. The number of aromatic hydroxyl groups is 1. The Kier molecular flexibility index (Phi) is 39.2. The summed E-state index contributed by atoms with van der Waals surface area (Å²) < 4.78 is 51.0. The minimum Gasteiger partial charge on any atom is -0.508 e. The van der Waals surface area contributed by atoms with Gasteiger partial charge in [0.2, 0.25) is 88.6 Å². The molecule has 5 aromatic carbocycles. The number of hydrogen-bond acceptors (Lipinski definition) is 22. The standard InChI is InChI=1S/C92H119F3N18O20S/c1-7-8-27-70-91(131)113-47-58(115)43-72(113)86(126)106-67(44-77(118)119)84(124)108-79(51(2)3)92(132)110(5)71(40-52-19-11-9-12-20-52)85(125)103-64(26-18-33-97)89(129)112-34-35-133-48-74(112)87(127)105-66(42-56-45-99-62-24-16-15-23-59(56)62)83(123)104-65(38-54-28-30-57(114)31-29-54)82(122)102-63(25-17-32-96)81(121)107-69(80(120)100-46-75(98)116)49-134-50-76(117)101-68(39-55-36-60(93)78(95)61(94)37-55)88(128)111(6)73(90(130)109(70)4)41-53-21-13-10-14-22-53/h9-16,19-24,28-31,36-37,45,51,58,63-74,79,99,114-115H,7-8,17-18,25-27,32-35,38-44,46-50,96-97H2,1-6H3,(H2,98,116)(H,100,120)(H,101,117)(H,102,122)(H,103,125)(H,104,123)(H,105,127)(H,106,126)(H,107,121)(H,108,124)(H,118,119)/t58-,63+,64+,65+,66+,67+,68+,69+,70+,71+,72-,73+,74-,79+/m1/s1. The first-order chi connectivity index (χ1) is 63.9. The van der Waals surface area contributed by atoms with Crippen LogP contribution in [0, 0.1) is 23.4 Å². The zero-order valence-electron chi connectivity index (χ0n) is 75.3. The number of nitrogens with two attached hydrogens (primary N) is 3. The number of carbonyl (C=O) groups excluding carboxylic acids is 15. The molecule has 724 valence electrons. The van der Waals surface area contributed by atoms with Crippen molar-refractivity contribution in [1.29, 1.82) is 0 Å². The van der Waals surface area contributed by atoms with Crippen LogP contribution in [0.5, 0.6) is 5.75 Å². The Labute approximate surface area is 776 Å². The van der Waals surface area contributed by atoms with Crippen LogP contribution in [0.1, 0.15) is 106 Å². The number of para-hydroxylation sites is 1. The van der Waals surface area contributed by atoms with Gasteiger partial charge in [0.25, 0.3) is 0 Å². The van der Waals surface area contributed by atoms with Crippen molar-refractivity contribution in [2.75, 3.05) is 78.6 Å². The summed E-state index contributed by atoms with van der Waals surface area (Å²) in [4.78, 5) is 246. The lowest BCUT2D eigenvalue weighted by atomic mass is 9.98. The molecule has 134 heavy (non-hydrogen) atoms. The Morgan fingerprint density at radius 3 is 1.70 bits per heavy atom. The fourth-order valence-electron chi connectivity index (χ4n) is 16.2. The molecule has 9 rings (SSSR count). The number of aliphatic hydroxyl groups excluding tert-OH is 1. The molecule has 42 heteroatoms. The van der Waals surface area contributed by atoms with E-state index in [4.69, 9.17) is 21.9 Å². The number of primary amides is 1. The van der Waals surface area contributed by atoms with Gasteiger partial charge in [0, 0.05) is 95.6 Å². The Hall–Kier alpha value is -13.1. The van der Waals surface area contributed by atoms with Crippen LogP contribution in [-0.4, -0.2) is 303 Å². The molecule has 0 aliphatic carbocycles. The summed E-state index contributed by atoms with van der Waals surface area (Å²) in [6.45, 7) is 2.51. The lowest BCUT2D eigenvalue weighted by Gasteiger charge is -2.38. The quantitative estimate of drug-likeness (QED) is 0.0321. The van der Waals surface area contributed by atoms with Crippen molar-refractivity contribution in [3.8, 4) is 5.75 Å². The van der Waals surface area contributed by atoms with Crippen LogP contribution in [0.15, 0.2) is 128 Å². The second-order valence-corrected chi connectivity index (χ2v) is 34.9. The number of halogens is 3. The summed E-state index contributed by atoms with van der Waals surface area (Å²) >= 11 is 0.645.